The zero-order chi connectivity index (χ0) is 15.8. The van der Waals surface area contributed by atoms with Crippen molar-refractivity contribution in [3.8, 4) is 0 Å². The minimum Gasteiger partial charge on any atom is -0.299 e. The average Bonchev–Trinajstić information content (AvgIpc) is 3.28. The summed E-state index contributed by atoms with van der Waals surface area (Å²) in [5.74, 6) is 2.03. The minimum atomic E-state index is -0.303. The van der Waals surface area contributed by atoms with Gasteiger partial charge in [-0.2, -0.15) is 16.9 Å². The maximum Gasteiger partial charge on any atom is 0.267 e. The molecule has 9 heteroatoms. The third-order valence-electron chi connectivity index (χ3n) is 3.81. The Morgan fingerprint density at radius 1 is 1.39 bits per heavy atom. The fourth-order valence-corrected chi connectivity index (χ4v) is 4.32. The van der Waals surface area contributed by atoms with E-state index in [1.54, 1.807) is 17.8 Å². The molecule has 2 aromatic heterocycles. The highest BCUT2D eigenvalue weighted by Crippen LogP contribution is 2.42. The molecule has 1 fully saturated rings. The molecule has 0 aromatic carbocycles. The lowest BCUT2D eigenvalue weighted by Crippen LogP contribution is -2.31. The first-order valence-corrected chi connectivity index (χ1v) is 9.47. The number of hydrogen-bond acceptors (Lipinski definition) is 7. The first kappa shape index (κ1) is 14.8. The molecule has 120 valence electrons. The smallest absolute Gasteiger partial charge is 0.267 e. The highest BCUT2D eigenvalue weighted by atomic mass is 32.2. The van der Waals surface area contributed by atoms with Gasteiger partial charge in [0.25, 0.3) is 5.56 Å². The van der Waals surface area contributed by atoms with Crippen molar-refractivity contribution in [3.63, 3.8) is 0 Å². The van der Waals surface area contributed by atoms with Crippen LogP contribution in [0.2, 0.25) is 0 Å². The van der Waals surface area contributed by atoms with Crippen molar-refractivity contribution in [1.29, 1.82) is 0 Å². The number of rotatable bonds is 4. The van der Waals surface area contributed by atoms with Gasteiger partial charge in [0.2, 0.25) is 11.0 Å². The Balaban J connectivity index is 1.46. The fraction of sp³-hybridized carbons (Fsp3) is 0.500. The second-order valence-corrected chi connectivity index (χ2v) is 7.80. The quantitative estimate of drug-likeness (QED) is 0.897. The molecule has 0 bridgehead atoms. The Hall–Kier alpha value is -1.74. The van der Waals surface area contributed by atoms with Crippen LogP contribution in [0.5, 0.6) is 0 Å². The molecule has 0 atom stereocenters. The molecule has 7 nitrogen and oxygen atoms in total. The monoisotopic (exact) mass is 349 g/mol. The van der Waals surface area contributed by atoms with Crippen LogP contribution in [0.1, 0.15) is 35.0 Å². The summed E-state index contributed by atoms with van der Waals surface area (Å²) in [5, 5.41) is 16.6. The number of hydrogen-bond donors (Lipinski definition) is 1. The van der Waals surface area contributed by atoms with Crippen LogP contribution in [0.15, 0.2) is 10.9 Å². The first-order valence-electron chi connectivity index (χ1n) is 7.50. The summed E-state index contributed by atoms with van der Waals surface area (Å²) in [5.41, 5.74) is 1.67. The third kappa shape index (κ3) is 3.30. The molecule has 2 aliphatic rings. The summed E-state index contributed by atoms with van der Waals surface area (Å²) in [6, 6.07) is 1.60. The van der Waals surface area contributed by atoms with Crippen molar-refractivity contribution in [1.82, 2.24) is 20.0 Å². The lowest BCUT2D eigenvalue weighted by atomic mass is 10.2. The topological polar surface area (TPSA) is 89.8 Å². The molecule has 1 aliphatic heterocycles. The Kier molecular flexibility index (Phi) is 3.90. The maximum absolute atomic E-state index is 12.1. The molecule has 1 aliphatic carbocycles. The number of anilines is 1. The van der Waals surface area contributed by atoms with Gasteiger partial charge in [0.05, 0.1) is 5.69 Å². The van der Waals surface area contributed by atoms with Crippen LogP contribution in [0.3, 0.4) is 0 Å². The highest BCUT2D eigenvalue weighted by molar-refractivity contribution is 7.98. The van der Waals surface area contributed by atoms with Gasteiger partial charge in [0, 0.05) is 24.2 Å². The van der Waals surface area contributed by atoms with Gasteiger partial charge < -0.3 is 0 Å². The minimum absolute atomic E-state index is 0.0996. The Bertz CT molecular complexity index is 812. The van der Waals surface area contributed by atoms with Crippen LogP contribution in [0, 0.1) is 0 Å². The van der Waals surface area contributed by atoms with Crippen LogP contribution < -0.4 is 10.9 Å². The molecular weight excluding hydrogens is 334 g/mol. The van der Waals surface area contributed by atoms with Gasteiger partial charge in [0.15, 0.2) is 0 Å². The van der Waals surface area contributed by atoms with Crippen molar-refractivity contribution in [2.75, 3.05) is 11.1 Å². The van der Waals surface area contributed by atoms with Crippen LogP contribution in [0.4, 0.5) is 5.13 Å². The number of aryl methyl sites for hydroxylation is 1. The molecule has 23 heavy (non-hydrogen) atoms. The van der Waals surface area contributed by atoms with Crippen LogP contribution in [-0.2, 0) is 23.5 Å². The second kappa shape index (κ2) is 6.04. The first-order chi connectivity index (χ1) is 11.2. The van der Waals surface area contributed by atoms with Gasteiger partial charge in [-0.05, 0) is 24.2 Å². The summed E-state index contributed by atoms with van der Waals surface area (Å²) >= 11 is 3.20. The second-order valence-electron chi connectivity index (χ2n) is 5.68. The molecule has 0 radical (unpaired) electrons. The zero-order valence-corrected chi connectivity index (χ0v) is 14.0. The van der Waals surface area contributed by atoms with Gasteiger partial charge in [-0.1, -0.05) is 11.3 Å². The van der Waals surface area contributed by atoms with E-state index in [0.29, 0.717) is 11.0 Å². The third-order valence-corrected chi connectivity index (χ3v) is 5.82. The average molecular weight is 349 g/mol. The molecule has 3 heterocycles. The summed E-state index contributed by atoms with van der Waals surface area (Å²) in [6.45, 7) is -0.0996. The number of amides is 1. The number of carbonyl (C=O) groups is 1. The van der Waals surface area contributed by atoms with Crippen molar-refractivity contribution in [2.24, 2.45) is 0 Å². The Morgan fingerprint density at radius 2 is 2.26 bits per heavy atom. The van der Waals surface area contributed by atoms with E-state index in [4.69, 9.17) is 0 Å². The molecule has 2 aromatic rings. The van der Waals surface area contributed by atoms with Gasteiger partial charge in [-0.25, -0.2) is 4.68 Å². The lowest BCUT2D eigenvalue weighted by Gasteiger charge is -2.15. The van der Waals surface area contributed by atoms with Crippen LogP contribution >= 0.6 is 23.1 Å². The van der Waals surface area contributed by atoms with Crippen LogP contribution in [-0.4, -0.2) is 31.6 Å². The molecule has 1 saturated carbocycles. The summed E-state index contributed by atoms with van der Waals surface area (Å²) in [6.07, 6.45) is 3.13. The number of carbonyl (C=O) groups excluding carboxylic acids is 1. The number of nitrogens with zero attached hydrogens (tertiary/aromatic N) is 4. The summed E-state index contributed by atoms with van der Waals surface area (Å²) in [7, 11) is 0. The van der Waals surface area contributed by atoms with Crippen LogP contribution in [0.25, 0.3) is 0 Å². The molecular formula is C14H15N5O2S2. The fourth-order valence-electron chi connectivity index (χ4n) is 2.44. The molecule has 0 unspecified atom stereocenters. The van der Waals surface area contributed by atoms with E-state index in [2.05, 4.69) is 20.6 Å². The van der Waals surface area contributed by atoms with E-state index >= 15 is 0 Å². The van der Waals surface area contributed by atoms with E-state index < -0.39 is 0 Å². The van der Waals surface area contributed by atoms with E-state index in [1.807, 2.05) is 0 Å². The van der Waals surface area contributed by atoms with E-state index in [1.165, 1.54) is 16.0 Å². The largest absolute Gasteiger partial charge is 0.299 e. The molecule has 0 spiro atoms. The highest BCUT2D eigenvalue weighted by Gasteiger charge is 2.27. The number of aromatic nitrogens is 4. The molecule has 0 saturated heterocycles. The SMILES string of the molecule is O=C(Cn1nc2c(cc1=O)CSCC2)Nc1nnc(C2CC2)s1. The lowest BCUT2D eigenvalue weighted by molar-refractivity contribution is -0.117. The zero-order valence-electron chi connectivity index (χ0n) is 12.3. The van der Waals surface area contributed by atoms with Crippen molar-refractivity contribution >= 4 is 34.1 Å². The van der Waals surface area contributed by atoms with E-state index in [0.717, 1.165) is 47.0 Å². The maximum atomic E-state index is 12.1. The van der Waals surface area contributed by atoms with Gasteiger partial charge in [-0.3, -0.25) is 14.9 Å². The number of thioether (sulfide) groups is 1. The van der Waals surface area contributed by atoms with Gasteiger partial charge in [-0.15, -0.1) is 10.2 Å². The van der Waals surface area contributed by atoms with Gasteiger partial charge >= 0.3 is 0 Å². The summed E-state index contributed by atoms with van der Waals surface area (Å²) in [4.78, 5) is 24.2. The summed E-state index contributed by atoms with van der Waals surface area (Å²) < 4.78 is 1.23. The molecule has 1 amide bonds. The Morgan fingerprint density at radius 3 is 3.09 bits per heavy atom. The van der Waals surface area contributed by atoms with Crippen molar-refractivity contribution in [2.45, 2.75) is 37.5 Å². The molecule has 1 N–H and O–H groups in total. The normalized spacial score (nSPS) is 16.9. The number of fused-ring (bicyclic) bond motifs is 1. The number of nitrogens with one attached hydrogen (secondary N) is 1. The van der Waals surface area contributed by atoms with Crippen molar-refractivity contribution < 1.29 is 4.79 Å². The Labute approximate surface area is 140 Å². The van der Waals surface area contributed by atoms with E-state index in [-0.39, 0.29) is 18.0 Å². The molecule has 4 rings (SSSR count). The standard InChI is InChI=1S/C14H15N5O2S2/c20-11(15-14-17-16-13(23-14)8-1-2-8)6-19-12(21)5-9-7-22-4-3-10(9)18-19/h5,8H,1-4,6-7H2,(H,15,17,20). The van der Waals surface area contributed by atoms with Gasteiger partial charge in [0.1, 0.15) is 11.6 Å². The van der Waals surface area contributed by atoms with E-state index in [9.17, 15) is 9.59 Å². The van der Waals surface area contributed by atoms with Crippen molar-refractivity contribution in [3.05, 3.63) is 32.7 Å². The predicted octanol–water partition coefficient (Wildman–Crippen LogP) is 1.40. The predicted molar refractivity (Wildman–Crippen MR) is 88.9 cm³/mol.